The summed E-state index contributed by atoms with van der Waals surface area (Å²) in [5.74, 6) is 2.49. The molecule has 5 heterocycles. The molecule has 0 saturated carbocycles. The minimum Gasteiger partial charge on any atom is -0.489 e. The Hall–Kier alpha value is -4.01. The van der Waals surface area contributed by atoms with Crippen LogP contribution >= 0.6 is 0 Å². The third kappa shape index (κ3) is 4.41. The molecule has 0 bridgehead atoms. The molecule has 4 aromatic rings. The van der Waals surface area contributed by atoms with Gasteiger partial charge in [0.05, 0.1) is 17.9 Å². The molecule has 0 aromatic carbocycles. The van der Waals surface area contributed by atoms with Crippen LogP contribution in [0.3, 0.4) is 0 Å². The summed E-state index contributed by atoms with van der Waals surface area (Å²) in [4.78, 5) is 20.0. The normalized spacial score (nSPS) is 18.0. The lowest BCUT2D eigenvalue weighted by atomic mass is 10.0. The number of anilines is 1. The lowest BCUT2D eigenvalue weighted by Crippen LogP contribution is -2.39. The van der Waals surface area contributed by atoms with Crippen molar-refractivity contribution in [2.45, 2.75) is 44.8 Å². The zero-order chi connectivity index (χ0) is 23.6. The Morgan fingerprint density at radius 1 is 1.03 bits per heavy atom. The van der Waals surface area contributed by atoms with Crippen LogP contribution in [0.2, 0.25) is 0 Å². The number of fused-ring (bicyclic) bond motifs is 1. The second kappa shape index (κ2) is 9.32. The minimum absolute atomic E-state index is 0.171. The molecule has 0 amide bonds. The number of hydrogen-bond donors (Lipinski definition) is 0. The van der Waals surface area contributed by atoms with E-state index in [0.717, 1.165) is 67.5 Å². The molecular weight excluding hydrogens is 440 g/mol. The summed E-state index contributed by atoms with van der Waals surface area (Å²) < 4.78 is 10.3. The van der Waals surface area contributed by atoms with E-state index in [-0.39, 0.29) is 12.1 Å². The van der Waals surface area contributed by atoms with Gasteiger partial charge in [-0.1, -0.05) is 13.0 Å². The largest absolute Gasteiger partial charge is 0.489 e. The Labute approximate surface area is 204 Å². The number of hydrogen-bond acceptors (Lipinski definition) is 7. The summed E-state index contributed by atoms with van der Waals surface area (Å²) in [6, 6.07) is 6.38. The molecule has 9 nitrogen and oxygen atoms in total. The summed E-state index contributed by atoms with van der Waals surface area (Å²) in [6.45, 7) is 3.89. The van der Waals surface area contributed by atoms with Crippen LogP contribution in [-0.4, -0.2) is 53.5 Å². The van der Waals surface area contributed by atoms with E-state index in [1.165, 1.54) is 5.56 Å². The van der Waals surface area contributed by atoms with Gasteiger partial charge < -0.3 is 14.2 Å². The second-order valence-corrected chi connectivity index (χ2v) is 9.00. The highest BCUT2D eigenvalue weighted by Gasteiger charge is 2.23. The molecular formula is C26H28N8O. The highest BCUT2D eigenvalue weighted by Crippen LogP contribution is 2.29. The molecule has 178 valence electrons. The first kappa shape index (κ1) is 21.5. The number of allylic oxidation sites excluding steroid dienone is 1. The van der Waals surface area contributed by atoms with Gasteiger partial charge in [-0.05, 0) is 41.8 Å². The zero-order valence-electron chi connectivity index (χ0n) is 19.7. The Balaban J connectivity index is 1.07. The lowest BCUT2D eigenvalue weighted by Gasteiger charge is -2.32. The third-order valence-corrected chi connectivity index (χ3v) is 6.79. The summed E-state index contributed by atoms with van der Waals surface area (Å²) in [5, 5.41) is 4.27. The van der Waals surface area contributed by atoms with Crippen LogP contribution in [0.15, 0.2) is 61.7 Å². The van der Waals surface area contributed by atoms with E-state index in [9.17, 15) is 0 Å². The van der Waals surface area contributed by atoms with Crippen LogP contribution in [0.25, 0.3) is 11.9 Å². The number of aromatic nitrogens is 7. The van der Waals surface area contributed by atoms with Crippen LogP contribution in [0.5, 0.6) is 5.75 Å². The molecule has 1 fully saturated rings. The Bertz CT molecular complexity index is 1290. The fourth-order valence-electron chi connectivity index (χ4n) is 4.76. The summed E-state index contributed by atoms with van der Waals surface area (Å²) in [5.41, 5.74) is 3.59. The smallest absolute Gasteiger partial charge is 0.225 e. The molecule has 1 aliphatic carbocycles. The Morgan fingerprint density at radius 2 is 1.89 bits per heavy atom. The molecule has 0 spiro atoms. The molecule has 6 rings (SSSR count). The average Bonchev–Trinajstić information content (AvgIpc) is 3.60. The van der Waals surface area contributed by atoms with Crippen molar-refractivity contribution in [1.82, 2.24) is 34.3 Å². The van der Waals surface area contributed by atoms with Gasteiger partial charge in [-0.25, -0.2) is 24.6 Å². The van der Waals surface area contributed by atoms with Gasteiger partial charge in [0, 0.05) is 50.9 Å². The van der Waals surface area contributed by atoms with Crippen molar-refractivity contribution in [1.29, 1.82) is 0 Å². The summed E-state index contributed by atoms with van der Waals surface area (Å²) in [6.07, 6.45) is 19.3. The van der Waals surface area contributed by atoms with Gasteiger partial charge in [-0.2, -0.15) is 5.10 Å². The highest BCUT2D eigenvalue weighted by molar-refractivity contribution is 5.57. The van der Waals surface area contributed by atoms with Crippen LogP contribution in [-0.2, 0) is 12.8 Å². The van der Waals surface area contributed by atoms with E-state index in [4.69, 9.17) is 4.74 Å². The van der Waals surface area contributed by atoms with Gasteiger partial charge in [0.2, 0.25) is 5.95 Å². The van der Waals surface area contributed by atoms with Crippen LogP contribution in [0.4, 0.5) is 5.95 Å². The lowest BCUT2D eigenvalue weighted by molar-refractivity contribution is 0.170. The molecule has 1 atom stereocenters. The van der Waals surface area contributed by atoms with Crippen LogP contribution in [0, 0.1) is 0 Å². The maximum Gasteiger partial charge on any atom is 0.225 e. The maximum absolute atomic E-state index is 6.25. The van der Waals surface area contributed by atoms with E-state index in [1.807, 2.05) is 35.4 Å². The summed E-state index contributed by atoms with van der Waals surface area (Å²) in [7, 11) is 0. The van der Waals surface area contributed by atoms with E-state index in [1.54, 1.807) is 12.7 Å². The van der Waals surface area contributed by atoms with Gasteiger partial charge in [-0.15, -0.1) is 0 Å². The topological polar surface area (TPSA) is 86.8 Å². The van der Waals surface area contributed by atoms with E-state index in [2.05, 4.69) is 65.8 Å². The van der Waals surface area contributed by atoms with E-state index < -0.39 is 0 Å². The van der Waals surface area contributed by atoms with Crippen LogP contribution in [0.1, 0.15) is 42.6 Å². The zero-order valence-corrected chi connectivity index (χ0v) is 19.7. The SMILES string of the molecule is CCc1cnc(N2CCC(Oc3ccc(-n4ccc5c4C=CC(n4cncn4)C5)nc3)CC2)nc1. The maximum atomic E-state index is 6.25. The fourth-order valence-corrected chi connectivity index (χ4v) is 4.76. The monoisotopic (exact) mass is 468 g/mol. The van der Waals surface area contributed by atoms with Crippen molar-refractivity contribution in [3.63, 3.8) is 0 Å². The highest BCUT2D eigenvalue weighted by atomic mass is 16.5. The molecule has 0 N–H and O–H groups in total. The van der Waals surface area contributed by atoms with Crippen molar-refractivity contribution in [2.75, 3.05) is 18.0 Å². The molecule has 0 radical (unpaired) electrons. The Kier molecular flexibility index (Phi) is 5.73. The average molecular weight is 469 g/mol. The molecule has 35 heavy (non-hydrogen) atoms. The Morgan fingerprint density at radius 3 is 2.60 bits per heavy atom. The number of aryl methyl sites for hydroxylation is 1. The molecule has 9 heteroatoms. The van der Waals surface area contributed by atoms with E-state index in [0.29, 0.717) is 0 Å². The van der Waals surface area contributed by atoms with Crippen molar-refractivity contribution in [3.05, 3.63) is 78.5 Å². The number of ether oxygens (including phenoxy) is 1. The van der Waals surface area contributed by atoms with Gasteiger partial charge in [-0.3, -0.25) is 0 Å². The molecule has 1 aliphatic heterocycles. The van der Waals surface area contributed by atoms with Crippen molar-refractivity contribution in [3.8, 4) is 11.6 Å². The first-order chi connectivity index (χ1) is 17.3. The van der Waals surface area contributed by atoms with Gasteiger partial charge in [0.15, 0.2) is 0 Å². The van der Waals surface area contributed by atoms with Gasteiger partial charge >= 0.3 is 0 Å². The predicted molar refractivity (Wildman–Crippen MR) is 133 cm³/mol. The minimum atomic E-state index is 0.171. The molecule has 4 aromatic heterocycles. The molecule has 1 saturated heterocycles. The third-order valence-electron chi connectivity index (χ3n) is 6.79. The molecule has 2 aliphatic rings. The predicted octanol–water partition coefficient (Wildman–Crippen LogP) is 3.67. The number of piperidine rings is 1. The van der Waals surface area contributed by atoms with Crippen molar-refractivity contribution >= 4 is 12.0 Å². The standard InChI is InChI=1S/C26H28N8O/c1-2-19-14-29-26(30-15-19)32-10-8-22(9-11-32)35-23-4-6-25(28-16-23)33-12-7-20-13-21(3-5-24(20)33)34-18-27-17-31-34/h3-7,12,14-18,21-22H,2,8-11,13H2,1H3. The second-order valence-electron chi connectivity index (χ2n) is 9.00. The summed E-state index contributed by atoms with van der Waals surface area (Å²) >= 11 is 0. The fraction of sp³-hybridized carbons (Fsp3) is 0.346. The molecule has 1 unspecified atom stereocenters. The number of nitrogens with zero attached hydrogens (tertiary/aromatic N) is 8. The van der Waals surface area contributed by atoms with E-state index >= 15 is 0 Å². The first-order valence-corrected chi connectivity index (χ1v) is 12.2. The quantitative estimate of drug-likeness (QED) is 0.427. The van der Waals surface area contributed by atoms with Crippen molar-refractivity contribution in [2.24, 2.45) is 0 Å². The van der Waals surface area contributed by atoms with Gasteiger partial charge in [0.1, 0.15) is 30.3 Å². The van der Waals surface area contributed by atoms with Crippen LogP contribution < -0.4 is 9.64 Å². The van der Waals surface area contributed by atoms with Crippen molar-refractivity contribution < 1.29 is 4.74 Å². The number of pyridine rings is 1. The number of rotatable bonds is 6. The van der Waals surface area contributed by atoms with Gasteiger partial charge in [0.25, 0.3) is 0 Å². The first-order valence-electron chi connectivity index (χ1n) is 12.2.